The van der Waals surface area contributed by atoms with E-state index in [1.54, 1.807) is 0 Å². The van der Waals surface area contributed by atoms with Crippen molar-refractivity contribution in [2.45, 2.75) is 12.5 Å². The van der Waals surface area contributed by atoms with Gasteiger partial charge in [-0.25, -0.2) is 0 Å². The smallest absolute Gasteiger partial charge is 0.0510 e. The van der Waals surface area contributed by atoms with E-state index in [4.69, 9.17) is 5.11 Å². The molecule has 0 spiro atoms. The lowest BCUT2D eigenvalue weighted by atomic mass is 10.1. The van der Waals surface area contributed by atoms with Crippen LogP contribution in [-0.4, -0.2) is 30.8 Å². The first-order valence-electron chi connectivity index (χ1n) is 5.05. The maximum Gasteiger partial charge on any atom is 0.0510 e. The highest BCUT2D eigenvalue weighted by Crippen LogP contribution is 2.12. The number of benzene rings is 1. The number of aliphatic hydroxyl groups is 1. The Bertz CT molecular complexity index is 280. The van der Waals surface area contributed by atoms with Crippen molar-refractivity contribution in [1.29, 1.82) is 0 Å². The Balaban J connectivity index is 1.91. The SMILES string of the molecule is OCCc1ccc(NC2CNC2)cc1. The second-order valence-corrected chi connectivity index (χ2v) is 3.67. The van der Waals surface area contributed by atoms with Gasteiger partial charge in [-0.2, -0.15) is 0 Å². The molecule has 0 atom stereocenters. The van der Waals surface area contributed by atoms with Crippen LogP contribution in [0.2, 0.25) is 0 Å². The molecule has 1 fully saturated rings. The molecule has 0 amide bonds. The zero-order valence-electron chi connectivity index (χ0n) is 8.16. The fourth-order valence-electron chi connectivity index (χ4n) is 1.52. The second-order valence-electron chi connectivity index (χ2n) is 3.67. The van der Waals surface area contributed by atoms with Gasteiger partial charge in [-0.1, -0.05) is 12.1 Å². The third-order valence-corrected chi connectivity index (χ3v) is 2.51. The molecule has 0 aliphatic carbocycles. The first-order valence-corrected chi connectivity index (χ1v) is 5.05. The van der Waals surface area contributed by atoms with Crippen LogP contribution in [0.1, 0.15) is 5.56 Å². The third kappa shape index (κ3) is 2.25. The quantitative estimate of drug-likeness (QED) is 0.654. The number of hydrogen-bond acceptors (Lipinski definition) is 3. The van der Waals surface area contributed by atoms with E-state index < -0.39 is 0 Å². The monoisotopic (exact) mass is 192 g/mol. The van der Waals surface area contributed by atoms with E-state index in [0.717, 1.165) is 25.2 Å². The molecule has 0 unspecified atom stereocenters. The van der Waals surface area contributed by atoms with E-state index in [1.807, 2.05) is 0 Å². The molecule has 1 heterocycles. The zero-order valence-corrected chi connectivity index (χ0v) is 8.16. The van der Waals surface area contributed by atoms with Gasteiger partial charge in [0.15, 0.2) is 0 Å². The molecule has 1 aliphatic heterocycles. The van der Waals surface area contributed by atoms with Crippen LogP contribution in [0, 0.1) is 0 Å². The molecular weight excluding hydrogens is 176 g/mol. The highest BCUT2D eigenvalue weighted by molar-refractivity contribution is 5.46. The maximum absolute atomic E-state index is 8.76. The average Bonchev–Trinajstić information content (AvgIpc) is 2.14. The van der Waals surface area contributed by atoms with E-state index in [1.165, 1.54) is 5.56 Å². The van der Waals surface area contributed by atoms with Crippen LogP contribution < -0.4 is 10.6 Å². The molecule has 1 aliphatic rings. The molecule has 1 aromatic carbocycles. The van der Waals surface area contributed by atoms with Crippen molar-refractivity contribution in [1.82, 2.24) is 5.32 Å². The van der Waals surface area contributed by atoms with E-state index >= 15 is 0 Å². The molecule has 2 rings (SSSR count). The summed E-state index contributed by atoms with van der Waals surface area (Å²) in [6.07, 6.45) is 0.741. The van der Waals surface area contributed by atoms with Crippen molar-refractivity contribution in [2.24, 2.45) is 0 Å². The van der Waals surface area contributed by atoms with Crippen LogP contribution in [0.25, 0.3) is 0 Å². The van der Waals surface area contributed by atoms with Gasteiger partial charge in [-0.15, -0.1) is 0 Å². The molecule has 1 aromatic rings. The van der Waals surface area contributed by atoms with Gasteiger partial charge in [0.05, 0.1) is 6.04 Å². The number of nitrogens with one attached hydrogen (secondary N) is 2. The summed E-state index contributed by atoms with van der Waals surface area (Å²) in [5.41, 5.74) is 2.35. The minimum Gasteiger partial charge on any atom is -0.396 e. The summed E-state index contributed by atoms with van der Waals surface area (Å²) in [6, 6.07) is 8.85. The van der Waals surface area contributed by atoms with Crippen molar-refractivity contribution in [3.63, 3.8) is 0 Å². The Morgan fingerprint density at radius 1 is 1.29 bits per heavy atom. The number of anilines is 1. The van der Waals surface area contributed by atoms with Crippen molar-refractivity contribution in [3.8, 4) is 0 Å². The van der Waals surface area contributed by atoms with Crippen LogP contribution in [-0.2, 0) is 6.42 Å². The summed E-state index contributed by atoms with van der Waals surface area (Å²) in [5.74, 6) is 0. The van der Waals surface area contributed by atoms with Crippen molar-refractivity contribution in [2.75, 3.05) is 25.0 Å². The summed E-state index contributed by atoms with van der Waals surface area (Å²) in [4.78, 5) is 0. The highest BCUT2D eigenvalue weighted by atomic mass is 16.2. The van der Waals surface area contributed by atoms with Gasteiger partial charge in [0.2, 0.25) is 0 Å². The van der Waals surface area contributed by atoms with E-state index in [2.05, 4.69) is 34.9 Å². The molecule has 76 valence electrons. The topological polar surface area (TPSA) is 44.3 Å². The van der Waals surface area contributed by atoms with Gasteiger partial charge in [0, 0.05) is 25.4 Å². The minimum absolute atomic E-state index is 0.222. The molecule has 1 saturated heterocycles. The van der Waals surface area contributed by atoms with Gasteiger partial charge >= 0.3 is 0 Å². The molecular formula is C11H16N2O. The fraction of sp³-hybridized carbons (Fsp3) is 0.455. The maximum atomic E-state index is 8.76. The Morgan fingerprint density at radius 2 is 2.00 bits per heavy atom. The summed E-state index contributed by atoms with van der Waals surface area (Å²) in [5, 5.41) is 15.4. The minimum atomic E-state index is 0.222. The summed E-state index contributed by atoms with van der Waals surface area (Å²) in [6.45, 7) is 2.33. The van der Waals surface area contributed by atoms with Crippen LogP contribution in [0.4, 0.5) is 5.69 Å². The molecule has 0 saturated carbocycles. The Morgan fingerprint density at radius 3 is 2.50 bits per heavy atom. The zero-order chi connectivity index (χ0) is 9.80. The highest BCUT2D eigenvalue weighted by Gasteiger charge is 2.15. The third-order valence-electron chi connectivity index (χ3n) is 2.51. The number of hydrogen-bond donors (Lipinski definition) is 3. The molecule has 0 bridgehead atoms. The lowest BCUT2D eigenvalue weighted by Crippen LogP contribution is -2.51. The van der Waals surface area contributed by atoms with Gasteiger partial charge in [-0.05, 0) is 24.1 Å². The largest absolute Gasteiger partial charge is 0.396 e. The summed E-state index contributed by atoms with van der Waals surface area (Å²) < 4.78 is 0. The normalized spacial score (nSPS) is 16.4. The molecule has 3 nitrogen and oxygen atoms in total. The van der Waals surface area contributed by atoms with E-state index in [0.29, 0.717) is 6.04 Å². The summed E-state index contributed by atoms with van der Waals surface area (Å²) in [7, 11) is 0. The van der Waals surface area contributed by atoms with E-state index in [9.17, 15) is 0 Å². The number of rotatable bonds is 4. The van der Waals surface area contributed by atoms with Crippen molar-refractivity contribution in [3.05, 3.63) is 29.8 Å². The van der Waals surface area contributed by atoms with Gasteiger partial charge in [0.1, 0.15) is 0 Å². The Labute approximate surface area is 84.1 Å². The predicted molar refractivity (Wildman–Crippen MR) is 57.5 cm³/mol. The molecule has 0 radical (unpaired) electrons. The predicted octanol–water partition coefficient (Wildman–Crippen LogP) is 0.605. The second kappa shape index (κ2) is 4.44. The van der Waals surface area contributed by atoms with Crippen LogP contribution in [0.5, 0.6) is 0 Å². The van der Waals surface area contributed by atoms with Gasteiger partial charge < -0.3 is 15.7 Å². The van der Waals surface area contributed by atoms with Crippen LogP contribution in [0.3, 0.4) is 0 Å². The average molecular weight is 192 g/mol. The lowest BCUT2D eigenvalue weighted by molar-refractivity contribution is 0.299. The van der Waals surface area contributed by atoms with Crippen molar-refractivity contribution >= 4 is 5.69 Å². The van der Waals surface area contributed by atoms with E-state index in [-0.39, 0.29) is 6.61 Å². The van der Waals surface area contributed by atoms with Crippen LogP contribution >= 0.6 is 0 Å². The molecule has 0 aromatic heterocycles. The standard InChI is InChI=1S/C11H16N2O/c14-6-5-9-1-3-10(4-2-9)13-11-7-12-8-11/h1-4,11-14H,5-8H2. The molecule has 14 heavy (non-hydrogen) atoms. The number of aliphatic hydroxyl groups excluding tert-OH is 1. The first kappa shape index (κ1) is 9.49. The van der Waals surface area contributed by atoms with Gasteiger partial charge in [0.25, 0.3) is 0 Å². The first-order chi connectivity index (χ1) is 6.88. The summed E-state index contributed by atoms with van der Waals surface area (Å²) >= 11 is 0. The van der Waals surface area contributed by atoms with Crippen molar-refractivity contribution < 1.29 is 5.11 Å². The molecule has 3 heteroatoms. The lowest BCUT2D eigenvalue weighted by Gasteiger charge is -2.29. The Kier molecular flexibility index (Phi) is 3.01. The van der Waals surface area contributed by atoms with Crippen LogP contribution in [0.15, 0.2) is 24.3 Å². The van der Waals surface area contributed by atoms with Gasteiger partial charge in [-0.3, -0.25) is 0 Å². The molecule has 3 N–H and O–H groups in total. The Hall–Kier alpha value is -1.06. The fourth-order valence-corrected chi connectivity index (χ4v) is 1.52.